The Morgan fingerprint density at radius 1 is 1.19 bits per heavy atom. The number of hydrogen-bond donors (Lipinski definition) is 2. The van der Waals surface area contributed by atoms with E-state index in [1.807, 2.05) is 0 Å². The fourth-order valence-corrected chi connectivity index (χ4v) is 1.77. The molecule has 1 atom stereocenters. The SMILES string of the molecule is Cc1ccc(CC(C)NCCCCN)cc1. The second-order valence-electron chi connectivity index (χ2n) is 4.54. The summed E-state index contributed by atoms with van der Waals surface area (Å²) in [5.74, 6) is 0. The van der Waals surface area contributed by atoms with E-state index in [0.29, 0.717) is 6.04 Å². The molecule has 0 heterocycles. The zero-order valence-corrected chi connectivity index (χ0v) is 10.5. The summed E-state index contributed by atoms with van der Waals surface area (Å²) in [5, 5.41) is 3.52. The molecular formula is C14H24N2. The van der Waals surface area contributed by atoms with Gasteiger partial charge in [-0.2, -0.15) is 0 Å². The Bertz CT molecular complexity index is 279. The van der Waals surface area contributed by atoms with E-state index in [0.717, 1.165) is 25.9 Å². The third-order valence-electron chi connectivity index (χ3n) is 2.79. The van der Waals surface area contributed by atoms with Crippen LogP contribution in [0.4, 0.5) is 0 Å². The molecule has 0 fully saturated rings. The molecule has 2 nitrogen and oxygen atoms in total. The topological polar surface area (TPSA) is 38.0 Å². The number of aryl methyl sites for hydroxylation is 1. The summed E-state index contributed by atoms with van der Waals surface area (Å²) < 4.78 is 0. The molecule has 2 heteroatoms. The number of benzene rings is 1. The summed E-state index contributed by atoms with van der Waals surface area (Å²) in [6.45, 7) is 6.23. The van der Waals surface area contributed by atoms with Crippen molar-refractivity contribution in [2.75, 3.05) is 13.1 Å². The first-order chi connectivity index (χ1) is 7.72. The maximum atomic E-state index is 5.46. The second kappa shape index (κ2) is 7.42. The zero-order valence-electron chi connectivity index (χ0n) is 10.5. The highest BCUT2D eigenvalue weighted by Crippen LogP contribution is 2.05. The Labute approximate surface area is 99.2 Å². The number of hydrogen-bond acceptors (Lipinski definition) is 2. The normalized spacial score (nSPS) is 12.7. The molecule has 3 N–H and O–H groups in total. The molecule has 90 valence electrons. The lowest BCUT2D eigenvalue weighted by Gasteiger charge is -2.13. The first kappa shape index (κ1) is 13.2. The van der Waals surface area contributed by atoms with Crippen LogP contribution >= 0.6 is 0 Å². The van der Waals surface area contributed by atoms with Gasteiger partial charge in [-0.05, 0) is 51.8 Å². The number of nitrogens with one attached hydrogen (secondary N) is 1. The van der Waals surface area contributed by atoms with Crippen molar-refractivity contribution >= 4 is 0 Å². The van der Waals surface area contributed by atoms with E-state index in [4.69, 9.17) is 5.73 Å². The monoisotopic (exact) mass is 220 g/mol. The molecular weight excluding hydrogens is 196 g/mol. The predicted molar refractivity (Wildman–Crippen MR) is 70.6 cm³/mol. The minimum atomic E-state index is 0.542. The lowest BCUT2D eigenvalue weighted by molar-refractivity contribution is 0.527. The third kappa shape index (κ3) is 5.29. The van der Waals surface area contributed by atoms with Crippen molar-refractivity contribution in [3.8, 4) is 0 Å². The van der Waals surface area contributed by atoms with E-state index in [-0.39, 0.29) is 0 Å². The molecule has 0 aromatic heterocycles. The number of nitrogens with two attached hydrogens (primary N) is 1. The van der Waals surface area contributed by atoms with Crippen molar-refractivity contribution in [2.45, 2.75) is 39.2 Å². The smallest absolute Gasteiger partial charge is 0.00791 e. The van der Waals surface area contributed by atoms with Crippen LogP contribution in [0, 0.1) is 6.92 Å². The van der Waals surface area contributed by atoms with E-state index in [1.54, 1.807) is 0 Å². The number of unbranched alkanes of at least 4 members (excludes halogenated alkanes) is 1. The highest BCUT2D eigenvalue weighted by atomic mass is 14.9. The second-order valence-corrected chi connectivity index (χ2v) is 4.54. The highest BCUT2D eigenvalue weighted by Gasteiger charge is 2.01. The van der Waals surface area contributed by atoms with Gasteiger partial charge < -0.3 is 11.1 Å². The summed E-state index contributed by atoms with van der Waals surface area (Å²) in [4.78, 5) is 0. The molecule has 1 aromatic rings. The first-order valence-electron chi connectivity index (χ1n) is 6.21. The zero-order chi connectivity index (χ0) is 11.8. The fraction of sp³-hybridized carbons (Fsp3) is 0.571. The summed E-state index contributed by atoms with van der Waals surface area (Å²) in [6, 6.07) is 9.33. The average molecular weight is 220 g/mol. The Morgan fingerprint density at radius 2 is 1.88 bits per heavy atom. The van der Waals surface area contributed by atoms with Crippen LogP contribution in [0.1, 0.15) is 30.9 Å². The molecule has 0 radical (unpaired) electrons. The Kier molecular flexibility index (Phi) is 6.12. The van der Waals surface area contributed by atoms with Crippen molar-refractivity contribution < 1.29 is 0 Å². The maximum Gasteiger partial charge on any atom is 0.00791 e. The molecule has 0 saturated heterocycles. The van der Waals surface area contributed by atoms with Gasteiger partial charge in [-0.3, -0.25) is 0 Å². The lowest BCUT2D eigenvalue weighted by Crippen LogP contribution is -2.29. The Hall–Kier alpha value is -0.860. The van der Waals surface area contributed by atoms with Gasteiger partial charge in [-0.25, -0.2) is 0 Å². The van der Waals surface area contributed by atoms with E-state index in [1.165, 1.54) is 17.5 Å². The molecule has 1 rings (SSSR count). The summed E-state index contributed by atoms with van der Waals surface area (Å²) in [7, 11) is 0. The van der Waals surface area contributed by atoms with E-state index in [2.05, 4.69) is 43.4 Å². The molecule has 0 spiro atoms. The van der Waals surface area contributed by atoms with Gasteiger partial charge in [0.15, 0.2) is 0 Å². The quantitative estimate of drug-likeness (QED) is 0.692. The highest BCUT2D eigenvalue weighted by molar-refractivity contribution is 5.21. The maximum absolute atomic E-state index is 5.46. The van der Waals surface area contributed by atoms with Gasteiger partial charge in [0.05, 0.1) is 0 Å². The van der Waals surface area contributed by atoms with Crippen molar-refractivity contribution in [3.05, 3.63) is 35.4 Å². The molecule has 0 aliphatic rings. The van der Waals surface area contributed by atoms with Gasteiger partial charge in [0.2, 0.25) is 0 Å². The minimum absolute atomic E-state index is 0.542. The van der Waals surface area contributed by atoms with E-state index >= 15 is 0 Å². The predicted octanol–water partition coefficient (Wildman–Crippen LogP) is 2.25. The van der Waals surface area contributed by atoms with Crippen LogP contribution in [0.2, 0.25) is 0 Å². The summed E-state index contributed by atoms with van der Waals surface area (Å²) >= 11 is 0. The third-order valence-corrected chi connectivity index (χ3v) is 2.79. The molecule has 0 bridgehead atoms. The molecule has 1 aromatic carbocycles. The summed E-state index contributed by atoms with van der Waals surface area (Å²) in [6.07, 6.45) is 3.39. The van der Waals surface area contributed by atoms with Crippen LogP contribution in [0.25, 0.3) is 0 Å². The standard InChI is InChI=1S/C14H24N2/c1-12-5-7-14(8-6-12)11-13(2)16-10-4-3-9-15/h5-8,13,16H,3-4,9-11,15H2,1-2H3. The van der Waals surface area contributed by atoms with Crippen molar-refractivity contribution in [1.82, 2.24) is 5.32 Å². The lowest BCUT2D eigenvalue weighted by atomic mass is 10.1. The molecule has 1 unspecified atom stereocenters. The first-order valence-corrected chi connectivity index (χ1v) is 6.21. The molecule has 0 aliphatic heterocycles. The van der Waals surface area contributed by atoms with Crippen LogP contribution in [0.5, 0.6) is 0 Å². The van der Waals surface area contributed by atoms with Crippen LogP contribution < -0.4 is 11.1 Å². The van der Waals surface area contributed by atoms with E-state index < -0.39 is 0 Å². The number of rotatable bonds is 7. The van der Waals surface area contributed by atoms with Crippen LogP contribution in [0.15, 0.2) is 24.3 Å². The van der Waals surface area contributed by atoms with Crippen molar-refractivity contribution in [3.63, 3.8) is 0 Å². The van der Waals surface area contributed by atoms with Gasteiger partial charge in [-0.1, -0.05) is 29.8 Å². The van der Waals surface area contributed by atoms with Gasteiger partial charge in [0, 0.05) is 6.04 Å². The molecule has 0 amide bonds. The molecule has 0 saturated carbocycles. The largest absolute Gasteiger partial charge is 0.330 e. The average Bonchev–Trinajstić information content (AvgIpc) is 2.28. The molecule has 16 heavy (non-hydrogen) atoms. The van der Waals surface area contributed by atoms with Crippen molar-refractivity contribution in [2.24, 2.45) is 5.73 Å². The minimum Gasteiger partial charge on any atom is -0.330 e. The van der Waals surface area contributed by atoms with E-state index in [9.17, 15) is 0 Å². The Balaban J connectivity index is 2.23. The summed E-state index contributed by atoms with van der Waals surface area (Å²) in [5.41, 5.74) is 8.19. The van der Waals surface area contributed by atoms with Crippen LogP contribution in [-0.2, 0) is 6.42 Å². The van der Waals surface area contributed by atoms with Gasteiger partial charge in [0.1, 0.15) is 0 Å². The van der Waals surface area contributed by atoms with Crippen LogP contribution in [-0.4, -0.2) is 19.1 Å². The molecule has 0 aliphatic carbocycles. The fourth-order valence-electron chi connectivity index (χ4n) is 1.77. The van der Waals surface area contributed by atoms with Gasteiger partial charge in [-0.15, -0.1) is 0 Å². The van der Waals surface area contributed by atoms with Crippen molar-refractivity contribution in [1.29, 1.82) is 0 Å². The van der Waals surface area contributed by atoms with Gasteiger partial charge >= 0.3 is 0 Å². The Morgan fingerprint density at radius 3 is 2.50 bits per heavy atom. The van der Waals surface area contributed by atoms with Gasteiger partial charge in [0.25, 0.3) is 0 Å². The van der Waals surface area contributed by atoms with Crippen LogP contribution in [0.3, 0.4) is 0 Å².